The smallest absolute Gasteiger partial charge is 0.404 e. The Labute approximate surface area is 131 Å². The van der Waals surface area contributed by atoms with Crippen molar-refractivity contribution in [2.24, 2.45) is 5.16 Å². The van der Waals surface area contributed by atoms with Gasteiger partial charge in [-0.1, -0.05) is 42.5 Å². The highest BCUT2D eigenvalue weighted by Crippen LogP contribution is 2.18. The van der Waals surface area contributed by atoms with Crippen molar-refractivity contribution in [2.45, 2.75) is 33.1 Å². The molecular weight excluding hydrogens is 308 g/mol. The summed E-state index contributed by atoms with van der Waals surface area (Å²) in [6.45, 7) is 8.62. The summed E-state index contributed by atoms with van der Waals surface area (Å²) in [7, 11) is -1.30. The van der Waals surface area contributed by atoms with Crippen LogP contribution in [0.5, 0.6) is 0 Å². The zero-order chi connectivity index (χ0) is 16.0. The fraction of sp³-hybridized carbons (Fsp3) is 0.429. The third-order valence-electron chi connectivity index (χ3n) is 2.59. The average molecular weight is 329 g/mol. The lowest BCUT2D eigenvalue weighted by atomic mass is 10.1. The van der Waals surface area contributed by atoms with Crippen LogP contribution in [-0.2, 0) is 11.4 Å². The predicted octanol–water partition coefficient (Wildman–Crippen LogP) is 3.73. The molecule has 0 heterocycles. The second kappa shape index (κ2) is 7.47. The topological polar surface area (TPSA) is 70.9 Å². The van der Waals surface area contributed by atoms with Crippen LogP contribution in [0.3, 0.4) is 0 Å². The van der Waals surface area contributed by atoms with E-state index < -0.39 is 14.2 Å². The van der Waals surface area contributed by atoms with Crippen LogP contribution in [0.4, 0.5) is 4.79 Å². The number of halogens is 1. The van der Waals surface area contributed by atoms with Gasteiger partial charge in [0.25, 0.3) is 0 Å². The number of nitrogens with zero attached hydrogens (tertiary/aromatic N) is 1. The molecule has 1 amide bonds. The number of amides is 1. The van der Waals surface area contributed by atoms with Crippen LogP contribution in [-0.4, -0.2) is 31.2 Å². The van der Waals surface area contributed by atoms with E-state index in [4.69, 9.17) is 21.5 Å². The number of hydrogen-bond donors (Lipinski definition) is 2. The van der Waals surface area contributed by atoms with Gasteiger partial charge in [0.2, 0.25) is 0 Å². The van der Waals surface area contributed by atoms with E-state index in [2.05, 4.69) is 30.1 Å². The number of carbonyl (C=O) groups is 1. The van der Waals surface area contributed by atoms with Crippen LogP contribution < -0.4 is 5.32 Å². The molecule has 0 aliphatic rings. The normalized spacial score (nSPS) is 12.1. The Bertz CT molecular complexity index is 542. The largest absolute Gasteiger partial charge is 0.465 e. The van der Waals surface area contributed by atoms with E-state index in [1.165, 1.54) is 0 Å². The average Bonchev–Trinajstić information content (AvgIpc) is 2.35. The highest BCUT2D eigenvalue weighted by atomic mass is 35.5. The van der Waals surface area contributed by atoms with E-state index in [1.807, 2.05) is 19.1 Å². The number of nitrogens with one attached hydrogen (secondary N) is 1. The van der Waals surface area contributed by atoms with Gasteiger partial charge in [0.1, 0.15) is 6.23 Å². The molecule has 2 N–H and O–H groups in total. The molecule has 116 valence electrons. The van der Waals surface area contributed by atoms with Crippen LogP contribution in [0.1, 0.15) is 18.1 Å². The van der Waals surface area contributed by atoms with Gasteiger partial charge >= 0.3 is 6.09 Å². The molecule has 1 aromatic carbocycles. The molecule has 7 heteroatoms. The molecule has 0 spiro atoms. The van der Waals surface area contributed by atoms with E-state index in [9.17, 15) is 4.79 Å². The van der Waals surface area contributed by atoms with E-state index in [0.29, 0.717) is 16.8 Å². The summed E-state index contributed by atoms with van der Waals surface area (Å²) in [6, 6.07) is 5.38. The van der Waals surface area contributed by atoms with Crippen molar-refractivity contribution in [1.82, 2.24) is 5.32 Å². The third kappa shape index (κ3) is 6.64. The van der Waals surface area contributed by atoms with Crippen molar-refractivity contribution < 1.29 is 14.7 Å². The van der Waals surface area contributed by atoms with Gasteiger partial charge in [-0.2, -0.15) is 0 Å². The van der Waals surface area contributed by atoms with Crippen LogP contribution in [0.25, 0.3) is 0 Å². The van der Waals surface area contributed by atoms with Crippen molar-refractivity contribution in [3.63, 3.8) is 0 Å². The number of rotatable bonds is 6. The second-order valence-corrected chi connectivity index (χ2v) is 11.8. The van der Waals surface area contributed by atoms with Crippen molar-refractivity contribution in [3.8, 4) is 0 Å². The molecule has 0 saturated heterocycles. The van der Waals surface area contributed by atoms with E-state index in [0.717, 1.165) is 11.3 Å². The lowest BCUT2D eigenvalue weighted by molar-refractivity contribution is 0.186. The minimum Gasteiger partial charge on any atom is -0.465 e. The first kappa shape index (κ1) is 17.5. The summed E-state index contributed by atoms with van der Waals surface area (Å²) < 4.78 is 0. The van der Waals surface area contributed by atoms with Gasteiger partial charge in [-0.3, -0.25) is 0 Å². The molecule has 0 atom stereocenters. The molecule has 0 aliphatic heterocycles. The fourth-order valence-corrected chi connectivity index (χ4v) is 2.12. The standard InChI is InChI=1S/C14H21ClN2O3Si/c1-10(17-20-9-21(2,3)4)11-5-6-13(15)12(7-11)8-16-14(18)19/h5-7,16H,8-9H2,1-4H3,(H,18,19)/b17-10-. The molecule has 0 aliphatic carbocycles. The van der Waals surface area contributed by atoms with Crippen LogP contribution in [0, 0.1) is 0 Å². The summed E-state index contributed by atoms with van der Waals surface area (Å²) in [5.74, 6) is 0. The van der Waals surface area contributed by atoms with E-state index in [1.54, 1.807) is 6.07 Å². The van der Waals surface area contributed by atoms with Crippen LogP contribution in [0.2, 0.25) is 24.7 Å². The maximum atomic E-state index is 10.5. The molecular formula is C14H21ClN2O3Si. The van der Waals surface area contributed by atoms with Crippen molar-refractivity contribution in [2.75, 3.05) is 6.23 Å². The molecule has 1 rings (SSSR count). The maximum absolute atomic E-state index is 10.5. The molecule has 0 radical (unpaired) electrons. The zero-order valence-corrected chi connectivity index (χ0v) is 14.5. The Morgan fingerprint density at radius 2 is 2.10 bits per heavy atom. The number of benzene rings is 1. The molecule has 1 aromatic rings. The first-order chi connectivity index (χ1) is 9.69. The van der Waals surface area contributed by atoms with Gasteiger partial charge in [-0.15, -0.1) is 0 Å². The number of oxime groups is 1. The summed E-state index contributed by atoms with van der Waals surface area (Å²) in [5.41, 5.74) is 2.30. The molecule has 21 heavy (non-hydrogen) atoms. The Balaban J connectivity index is 2.80. The van der Waals surface area contributed by atoms with Gasteiger partial charge in [0, 0.05) is 11.6 Å². The summed E-state index contributed by atoms with van der Waals surface area (Å²) in [5, 5.41) is 15.6. The second-order valence-electron chi connectivity index (χ2n) is 5.98. The Morgan fingerprint density at radius 3 is 2.67 bits per heavy atom. The Kier molecular flexibility index (Phi) is 6.23. The van der Waals surface area contributed by atoms with Crippen molar-refractivity contribution in [3.05, 3.63) is 34.3 Å². The molecule has 0 bridgehead atoms. The molecule has 5 nitrogen and oxygen atoms in total. The van der Waals surface area contributed by atoms with Gasteiger partial charge in [-0.25, -0.2) is 4.79 Å². The lowest BCUT2D eigenvalue weighted by Gasteiger charge is -2.13. The number of hydrogen-bond acceptors (Lipinski definition) is 3. The molecule has 0 unspecified atom stereocenters. The number of carboxylic acid groups (broad SMARTS) is 1. The van der Waals surface area contributed by atoms with Gasteiger partial charge in [0.05, 0.1) is 13.8 Å². The van der Waals surface area contributed by atoms with Gasteiger partial charge in [0.15, 0.2) is 0 Å². The minimum atomic E-state index is -1.30. The van der Waals surface area contributed by atoms with Crippen LogP contribution >= 0.6 is 11.6 Å². The summed E-state index contributed by atoms with van der Waals surface area (Å²) >= 11 is 6.05. The van der Waals surface area contributed by atoms with Crippen molar-refractivity contribution >= 4 is 31.5 Å². The minimum absolute atomic E-state index is 0.158. The monoisotopic (exact) mass is 328 g/mol. The van der Waals surface area contributed by atoms with Crippen molar-refractivity contribution in [1.29, 1.82) is 0 Å². The predicted molar refractivity (Wildman–Crippen MR) is 87.8 cm³/mol. The van der Waals surface area contributed by atoms with Gasteiger partial charge in [-0.05, 0) is 30.2 Å². The first-order valence-corrected chi connectivity index (χ1v) is 10.7. The lowest BCUT2D eigenvalue weighted by Crippen LogP contribution is -2.27. The fourth-order valence-electron chi connectivity index (χ4n) is 1.48. The quantitative estimate of drug-likeness (QED) is 0.475. The zero-order valence-electron chi connectivity index (χ0n) is 12.7. The third-order valence-corrected chi connectivity index (χ3v) is 3.96. The SMILES string of the molecule is C/C(=N/OC[Si](C)(C)C)c1ccc(Cl)c(CNC(=O)O)c1. The van der Waals surface area contributed by atoms with Crippen LogP contribution in [0.15, 0.2) is 23.4 Å². The molecule has 0 saturated carbocycles. The Morgan fingerprint density at radius 1 is 1.43 bits per heavy atom. The molecule has 0 aromatic heterocycles. The van der Waals surface area contributed by atoms with E-state index >= 15 is 0 Å². The highest BCUT2D eigenvalue weighted by molar-refractivity contribution is 6.76. The molecule has 0 fully saturated rings. The summed E-state index contributed by atoms with van der Waals surface area (Å²) in [6.07, 6.45) is -0.425. The van der Waals surface area contributed by atoms with E-state index in [-0.39, 0.29) is 6.54 Å². The van der Waals surface area contributed by atoms with Gasteiger partial charge < -0.3 is 15.3 Å². The maximum Gasteiger partial charge on any atom is 0.404 e. The Hall–Kier alpha value is -1.53. The highest BCUT2D eigenvalue weighted by Gasteiger charge is 2.14. The first-order valence-electron chi connectivity index (χ1n) is 6.61. The summed E-state index contributed by atoms with van der Waals surface area (Å²) in [4.78, 5) is 15.9.